The second-order valence-corrected chi connectivity index (χ2v) is 4.19. The zero-order valence-electron chi connectivity index (χ0n) is 10.00. The fraction of sp³-hybridized carbons (Fsp3) is 0.308. The molecule has 1 heterocycles. The molecule has 0 aliphatic rings. The van der Waals surface area contributed by atoms with Crippen molar-refractivity contribution in [1.82, 2.24) is 15.5 Å². The molecule has 1 unspecified atom stereocenters. The number of rotatable bonds is 4. The fourth-order valence-corrected chi connectivity index (χ4v) is 1.64. The summed E-state index contributed by atoms with van der Waals surface area (Å²) in [4.78, 5) is 0. The molecule has 1 aromatic heterocycles. The summed E-state index contributed by atoms with van der Waals surface area (Å²) in [6.07, 6.45) is 1.72. The summed E-state index contributed by atoms with van der Waals surface area (Å²) in [5.41, 5.74) is 2.64. The van der Waals surface area contributed by atoms with Crippen LogP contribution in [0.3, 0.4) is 0 Å². The molecular weight excluding hydrogens is 217 g/mol. The van der Waals surface area contributed by atoms with E-state index in [1.807, 2.05) is 19.1 Å². The number of aryl methyl sites for hydroxylation is 1. The lowest BCUT2D eigenvalue weighted by molar-refractivity contribution is 0.557. The van der Waals surface area contributed by atoms with Crippen LogP contribution >= 0.6 is 0 Å². The first-order valence-corrected chi connectivity index (χ1v) is 5.64. The molecular formula is C13H16FN3. The quantitative estimate of drug-likeness (QED) is 0.852. The molecule has 0 saturated carbocycles. The summed E-state index contributed by atoms with van der Waals surface area (Å²) in [5.74, 6) is -0.155. The van der Waals surface area contributed by atoms with Gasteiger partial charge >= 0.3 is 0 Å². The van der Waals surface area contributed by atoms with Crippen molar-refractivity contribution in [2.75, 3.05) is 0 Å². The van der Waals surface area contributed by atoms with Gasteiger partial charge in [-0.2, -0.15) is 5.10 Å². The predicted molar refractivity (Wildman–Crippen MR) is 65.0 cm³/mol. The van der Waals surface area contributed by atoms with E-state index in [0.29, 0.717) is 12.1 Å². The minimum atomic E-state index is -0.155. The van der Waals surface area contributed by atoms with E-state index in [1.165, 1.54) is 0 Å². The van der Waals surface area contributed by atoms with Gasteiger partial charge in [-0.05, 0) is 37.1 Å². The van der Waals surface area contributed by atoms with E-state index in [1.54, 1.807) is 25.3 Å². The fourth-order valence-electron chi connectivity index (χ4n) is 1.64. The maximum absolute atomic E-state index is 13.4. The van der Waals surface area contributed by atoms with Crippen molar-refractivity contribution in [3.05, 3.63) is 53.1 Å². The third-order valence-electron chi connectivity index (χ3n) is 2.85. The molecule has 90 valence electrons. The van der Waals surface area contributed by atoms with Crippen LogP contribution in [0.25, 0.3) is 0 Å². The number of nitrogens with one attached hydrogen (secondary N) is 2. The second kappa shape index (κ2) is 5.10. The first-order valence-electron chi connectivity index (χ1n) is 5.64. The molecule has 0 radical (unpaired) electrons. The molecule has 17 heavy (non-hydrogen) atoms. The summed E-state index contributed by atoms with van der Waals surface area (Å²) in [5, 5.41) is 10.1. The van der Waals surface area contributed by atoms with E-state index in [4.69, 9.17) is 0 Å². The maximum Gasteiger partial charge on any atom is 0.126 e. The minimum Gasteiger partial charge on any atom is -0.305 e. The highest BCUT2D eigenvalue weighted by Gasteiger charge is 2.07. The number of aromatic amines is 1. The summed E-state index contributed by atoms with van der Waals surface area (Å²) in [7, 11) is 0. The second-order valence-electron chi connectivity index (χ2n) is 4.19. The first kappa shape index (κ1) is 11.8. The summed E-state index contributed by atoms with van der Waals surface area (Å²) in [6.45, 7) is 4.47. The molecule has 3 nitrogen and oxygen atoms in total. The Labute approximate surface area is 100 Å². The lowest BCUT2D eigenvalue weighted by Crippen LogP contribution is -2.18. The molecule has 2 rings (SSSR count). The summed E-state index contributed by atoms with van der Waals surface area (Å²) >= 11 is 0. The number of aromatic nitrogens is 2. The summed E-state index contributed by atoms with van der Waals surface area (Å²) in [6, 6.07) is 7.35. The molecule has 4 heteroatoms. The van der Waals surface area contributed by atoms with Gasteiger partial charge in [-0.3, -0.25) is 5.10 Å². The van der Waals surface area contributed by atoms with E-state index in [2.05, 4.69) is 15.5 Å². The Kier molecular flexibility index (Phi) is 3.54. The Bertz CT molecular complexity index is 479. The standard InChI is InChI=1S/C13H16FN3/c1-9-3-4-11(7-13(9)14)10(2)15-8-12-5-6-16-17-12/h3-7,10,15H,8H2,1-2H3,(H,16,17). The van der Waals surface area contributed by atoms with Gasteiger partial charge in [0.1, 0.15) is 5.82 Å². The molecule has 0 aliphatic carbocycles. The van der Waals surface area contributed by atoms with Crippen molar-refractivity contribution in [3.8, 4) is 0 Å². The molecule has 0 amide bonds. The Morgan fingerprint density at radius 3 is 2.88 bits per heavy atom. The normalized spacial score (nSPS) is 12.6. The van der Waals surface area contributed by atoms with Gasteiger partial charge in [0.2, 0.25) is 0 Å². The van der Waals surface area contributed by atoms with Gasteiger partial charge in [0.15, 0.2) is 0 Å². The van der Waals surface area contributed by atoms with Crippen molar-refractivity contribution in [2.24, 2.45) is 0 Å². The Morgan fingerprint density at radius 1 is 1.41 bits per heavy atom. The van der Waals surface area contributed by atoms with E-state index >= 15 is 0 Å². The molecule has 1 atom stereocenters. The number of benzene rings is 1. The van der Waals surface area contributed by atoms with Gasteiger partial charge in [0.05, 0.1) is 0 Å². The van der Waals surface area contributed by atoms with E-state index in [0.717, 1.165) is 11.3 Å². The van der Waals surface area contributed by atoms with Crippen molar-refractivity contribution < 1.29 is 4.39 Å². The molecule has 2 N–H and O–H groups in total. The average molecular weight is 233 g/mol. The largest absolute Gasteiger partial charge is 0.305 e. The highest BCUT2D eigenvalue weighted by atomic mass is 19.1. The number of halogens is 1. The number of hydrogen-bond acceptors (Lipinski definition) is 2. The third-order valence-corrected chi connectivity index (χ3v) is 2.85. The van der Waals surface area contributed by atoms with Crippen LogP contribution in [0.2, 0.25) is 0 Å². The van der Waals surface area contributed by atoms with E-state index in [-0.39, 0.29) is 11.9 Å². The zero-order valence-corrected chi connectivity index (χ0v) is 10.00. The summed E-state index contributed by atoms with van der Waals surface area (Å²) < 4.78 is 13.4. The molecule has 0 fully saturated rings. The van der Waals surface area contributed by atoms with Crippen LogP contribution in [0.1, 0.15) is 29.8 Å². The predicted octanol–water partition coefficient (Wildman–Crippen LogP) is 2.71. The molecule has 1 aromatic carbocycles. The molecule has 0 bridgehead atoms. The monoisotopic (exact) mass is 233 g/mol. The van der Waals surface area contributed by atoms with Gasteiger partial charge < -0.3 is 5.32 Å². The van der Waals surface area contributed by atoms with Crippen LogP contribution in [0.5, 0.6) is 0 Å². The van der Waals surface area contributed by atoms with Crippen LogP contribution < -0.4 is 5.32 Å². The van der Waals surface area contributed by atoms with Gasteiger partial charge in [-0.25, -0.2) is 4.39 Å². The lowest BCUT2D eigenvalue weighted by atomic mass is 10.1. The first-order chi connectivity index (χ1) is 8.16. The van der Waals surface area contributed by atoms with Crippen LogP contribution in [-0.4, -0.2) is 10.2 Å². The van der Waals surface area contributed by atoms with E-state index in [9.17, 15) is 4.39 Å². The van der Waals surface area contributed by atoms with Gasteiger partial charge in [0, 0.05) is 24.5 Å². The molecule has 0 aliphatic heterocycles. The number of H-pyrrole nitrogens is 1. The van der Waals surface area contributed by atoms with Crippen LogP contribution in [-0.2, 0) is 6.54 Å². The van der Waals surface area contributed by atoms with Gasteiger partial charge in [0.25, 0.3) is 0 Å². The van der Waals surface area contributed by atoms with Gasteiger partial charge in [-0.15, -0.1) is 0 Å². The van der Waals surface area contributed by atoms with E-state index < -0.39 is 0 Å². The Balaban J connectivity index is 1.99. The third kappa shape index (κ3) is 2.91. The van der Waals surface area contributed by atoms with Crippen molar-refractivity contribution in [2.45, 2.75) is 26.4 Å². The zero-order chi connectivity index (χ0) is 12.3. The lowest BCUT2D eigenvalue weighted by Gasteiger charge is -2.14. The Hall–Kier alpha value is -1.68. The van der Waals surface area contributed by atoms with Crippen LogP contribution in [0, 0.1) is 12.7 Å². The van der Waals surface area contributed by atoms with Gasteiger partial charge in [-0.1, -0.05) is 12.1 Å². The highest BCUT2D eigenvalue weighted by Crippen LogP contribution is 2.16. The maximum atomic E-state index is 13.4. The average Bonchev–Trinajstić information content (AvgIpc) is 2.82. The van der Waals surface area contributed by atoms with Crippen LogP contribution in [0.4, 0.5) is 4.39 Å². The molecule has 0 spiro atoms. The van der Waals surface area contributed by atoms with Crippen molar-refractivity contribution in [3.63, 3.8) is 0 Å². The van der Waals surface area contributed by atoms with Crippen molar-refractivity contribution >= 4 is 0 Å². The molecule has 2 aromatic rings. The SMILES string of the molecule is Cc1ccc(C(C)NCc2ccn[nH]2)cc1F. The Morgan fingerprint density at radius 2 is 2.24 bits per heavy atom. The van der Waals surface area contributed by atoms with Crippen molar-refractivity contribution in [1.29, 1.82) is 0 Å². The topological polar surface area (TPSA) is 40.7 Å². The smallest absolute Gasteiger partial charge is 0.126 e. The number of hydrogen-bond donors (Lipinski definition) is 2. The van der Waals surface area contributed by atoms with Crippen LogP contribution in [0.15, 0.2) is 30.5 Å². The number of nitrogens with zero attached hydrogens (tertiary/aromatic N) is 1. The highest BCUT2D eigenvalue weighted by molar-refractivity contribution is 5.25. The molecule has 0 saturated heterocycles. The minimum absolute atomic E-state index is 0.105.